The molecule has 1 aromatic heterocycles. The van der Waals surface area contributed by atoms with Gasteiger partial charge in [-0.25, -0.2) is 4.98 Å². The summed E-state index contributed by atoms with van der Waals surface area (Å²) in [7, 11) is 0. The lowest BCUT2D eigenvalue weighted by Gasteiger charge is -2.32. The van der Waals surface area contributed by atoms with Gasteiger partial charge in [-0.1, -0.05) is 71.4 Å². The normalized spacial score (nSPS) is 17.6. The summed E-state index contributed by atoms with van der Waals surface area (Å²) < 4.78 is 0. The number of rotatable bonds is 4. The van der Waals surface area contributed by atoms with Crippen LogP contribution < -0.4 is 10.9 Å². The Morgan fingerprint density at radius 3 is 2.38 bits per heavy atom. The Kier molecular flexibility index (Phi) is 5.47. The van der Waals surface area contributed by atoms with Gasteiger partial charge in [0.15, 0.2) is 10.9 Å². The van der Waals surface area contributed by atoms with Crippen LogP contribution in [-0.4, -0.2) is 15.8 Å². The van der Waals surface area contributed by atoms with Gasteiger partial charge in [-0.3, -0.25) is 9.59 Å². The number of carbonyl (C=O) groups is 1. The maximum Gasteiger partial charge on any atom is 0.257 e. The van der Waals surface area contributed by atoms with E-state index in [2.05, 4.69) is 41.5 Å². The molecule has 3 aromatic rings. The molecule has 5 nitrogen and oxygen atoms in total. The van der Waals surface area contributed by atoms with Gasteiger partial charge < -0.3 is 10.3 Å². The number of H-pyrrole nitrogens is 1. The highest BCUT2D eigenvalue weighted by atomic mass is 32.2. The van der Waals surface area contributed by atoms with Gasteiger partial charge in [-0.15, -0.1) is 0 Å². The number of benzene rings is 2. The molecule has 32 heavy (non-hydrogen) atoms. The zero-order valence-electron chi connectivity index (χ0n) is 18.2. The van der Waals surface area contributed by atoms with Crippen molar-refractivity contribution in [3.8, 4) is 0 Å². The largest absolute Gasteiger partial charge is 0.343 e. The minimum atomic E-state index is -0.387. The van der Waals surface area contributed by atoms with Gasteiger partial charge in [0.05, 0.1) is 5.56 Å². The van der Waals surface area contributed by atoms with Gasteiger partial charge in [0, 0.05) is 29.4 Å². The summed E-state index contributed by atoms with van der Waals surface area (Å²) in [4.78, 5) is 33.9. The van der Waals surface area contributed by atoms with Crippen molar-refractivity contribution < 1.29 is 4.79 Å². The number of aromatic amines is 1. The van der Waals surface area contributed by atoms with Crippen LogP contribution in [0.3, 0.4) is 0 Å². The number of anilines is 1. The fourth-order valence-electron chi connectivity index (χ4n) is 4.44. The third-order valence-electron chi connectivity index (χ3n) is 6.14. The van der Waals surface area contributed by atoms with E-state index in [1.54, 1.807) is 0 Å². The van der Waals surface area contributed by atoms with Crippen molar-refractivity contribution in [1.82, 2.24) is 9.97 Å². The number of thioether (sulfide) groups is 1. The van der Waals surface area contributed by atoms with Crippen molar-refractivity contribution in [3.63, 3.8) is 0 Å². The number of aryl methyl sites for hydroxylation is 2. The van der Waals surface area contributed by atoms with Crippen molar-refractivity contribution in [2.24, 2.45) is 0 Å². The Morgan fingerprint density at radius 2 is 1.66 bits per heavy atom. The highest BCUT2D eigenvalue weighted by Gasteiger charge is 2.37. The van der Waals surface area contributed by atoms with Crippen molar-refractivity contribution in [2.75, 3.05) is 5.32 Å². The van der Waals surface area contributed by atoms with E-state index in [-0.39, 0.29) is 17.3 Å². The van der Waals surface area contributed by atoms with E-state index in [0.717, 1.165) is 41.0 Å². The van der Waals surface area contributed by atoms with Crippen LogP contribution in [0.2, 0.25) is 0 Å². The van der Waals surface area contributed by atoms with Crippen molar-refractivity contribution in [1.29, 1.82) is 0 Å². The van der Waals surface area contributed by atoms with Gasteiger partial charge in [-0.2, -0.15) is 0 Å². The predicted molar refractivity (Wildman–Crippen MR) is 128 cm³/mol. The molecule has 0 fully saturated rings. The summed E-state index contributed by atoms with van der Waals surface area (Å²) >= 11 is 1.51. The topological polar surface area (TPSA) is 74.8 Å². The standard InChI is InChI=1S/C26H25N3O2S/c1-15-6-10-17(11-7-15)14-32-26-28-24-23(25(31)29-26)21(18-12-8-16(2)9-13-18)22-19(27-24)4-3-5-20(22)30/h6-13,21H,3-5,14H2,1-2H3,(H2,27,28,29,31). The second-order valence-electron chi connectivity index (χ2n) is 8.55. The quantitative estimate of drug-likeness (QED) is 0.426. The van der Waals surface area contributed by atoms with Crippen molar-refractivity contribution in [3.05, 3.63) is 98.0 Å². The van der Waals surface area contributed by atoms with E-state index < -0.39 is 0 Å². The summed E-state index contributed by atoms with van der Waals surface area (Å²) in [6.45, 7) is 4.09. The summed E-state index contributed by atoms with van der Waals surface area (Å²) in [5, 5.41) is 3.92. The third-order valence-corrected chi connectivity index (χ3v) is 7.09. The van der Waals surface area contributed by atoms with E-state index in [9.17, 15) is 9.59 Å². The molecule has 0 saturated carbocycles. The molecule has 1 aliphatic carbocycles. The van der Waals surface area contributed by atoms with Crippen LogP contribution in [0, 0.1) is 13.8 Å². The number of nitrogens with one attached hydrogen (secondary N) is 2. The molecule has 0 radical (unpaired) electrons. The van der Waals surface area contributed by atoms with E-state index in [1.165, 1.54) is 22.9 Å². The number of allylic oxidation sites excluding steroid dienone is 2. The highest BCUT2D eigenvalue weighted by Crippen LogP contribution is 2.43. The molecule has 0 bridgehead atoms. The van der Waals surface area contributed by atoms with Gasteiger partial charge in [0.2, 0.25) is 0 Å². The number of fused-ring (bicyclic) bond motifs is 1. The van der Waals surface area contributed by atoms with Crippen LogP contribution in [0.15, 0.2) is 69.8 Å². The molecule has 0 amide bonds. The Morgan fingerprint density at radius 1 is 0.969 bits per heavy atom. The fourth-order valence-corrected chi connectivity index (χ4v) is 5.25. The van der Waals surface area contributed by atoms with Gasteiger partial charge in [-0.05, 0) is 37.8 Å². The smallest absolute Gasteiger partial charge is 0.257 e. The maximum absolute atomic E-state index is 13.3. The Balaban J connectivity index is 1.54. The number of hydrogen-bond acceptors (Lipinski definition) is 5. The highest BCUT2D eigenvalue weighted by molar-refractivity contribution is 7.98. The fraction of sp³-hybridized carbons (Fsp3) is 0.269. The molecular weight excluding hydrogens is 418 g/mol. The van der Waals surface area contributed by atoms with Crippen molar-refractivity contribution in [2.45, 2.75) is 49.9 Å². The van der Waals surface area contributed by atoms with Crippen LogP contribution in [-0.2, 0) is 10.5 Å². The zero-order valence-corrected chi connectivity index (χ0v) is 19.0. The van der Waals surface area contributed by atoms with Crippen LogP contribution in [0.25, 0.3) is 0 Å². The number of Topliss-reactive ketones (excluding diaryl/α,β-unsaturated/α-hetero) is 1. The second-order valence-corrected chi connectivity index (χ2v) is 9.51. The molecule has 162 valence electrons. The van der Waals surface area contributed by atoms with Gasteiger partial charge in [0.25, 0.3) is 5.56 Å². The van der Waals surface area contributed by atoms with Gasteiger partial charge in [0.1, 0.15) is 5.82 Å². The van der Waals surface area contributed by atoms with E-state index >= 15 is 0 Å². The lowest BCUT2D eigenvalue weighted by molar-refractivity contribution is -0.116. The number of nitrogens with zero attached hydrogens (tertiary/aromatic N) is 1. The molecule has 2 aromatic carbocycles. The molecule has 1 unspecified atom stereocenters. The molecule has 1 atom stereocenters. The molecule has 6 heteroatoms. The first-order valence-electron chi connectivity index (χ1n) is 10.9. The first-order valence-corrected chi connectivity index (χ1v) is 11.9. The molecule has 0 spiro atoms. The average molecular weight is 444 g/mol. The molecule has 5 rings (SSSR count). The molecular formula is C26H25N3O2S. The third kappa shape index (κ3) is 3.91. The van der Waals surface area contributed by atoms with Crippen LogP contribution in [0.4, 0.5) is 5.82 Å². The number of ketones is 1. The van der Waals surface area contributed by atoms with Crippen LogP contribution in [0.5, 0.6) is 0 Å². The minimum absolute atomic E-state index is 0.118. The SMILES string of the molecule is Cc1ccc(CSc2nc3c(c(=O)[nH]2)C(c2ccc(C)cc2)C2=C(CCCC2=O)N3)cc1. The first kappa shape index (κ1) is 20.8. The summed E-state index contributed by atoms with van der Waals surface area (Å²) in [5.74, 6) is 1.02. The number of aromatic nitrogens is 2. The van der Waals surface area contributed by atoms with Crippen LogP contribution >= 0.6 is 11.8 Å². The lowest BCUT2D eigenvalue weighted by Crippen LogP contribution is -2.32. The monoisotopic (exact) mass is 443 g/mol. The Hall–Kier alpha value is -3.12. The van der Waals surface area contributed by atoms with Crippen molar-refractivity contribution >= 4 is 23.4 Å². The molecule has 2 aliphatic rings. The van der Waals surface area contributed by atoms with E-state index in [0.29, 0.717) is 23.0 Å². The Labute approximate surface area is 191 Å². The second kappa shape index (κ2) is 8.43. The van der Waals surface area contributed by atoms with Gasteiger partial charge >= 0.3 is 0 Å². The molecule has 0 saturated heterocycles. The molecule has 2 heterocycles. The number of carbonyl (C=O) groups excluding carboxylic acids is 1. The predicted octanol–water partition coefficient (Wildman–Crippen LogP) is 5.24. The number of hydrogen-bond donors (Lipinski definition) is 2. The average Bonchev–Trinajstić information content (AvgIpc) is 2.78. The van der Waals surface area contributed by atoms with E-state index in [4.69, 9.17) is 4.98 Å². The first-order chi connectivity index (χ1) is 15.5. The Bertz CT molecular complexity index is 1270. The summed E-state index contributed by atoms with van der Waals surface area (Å²) in [6, 6.07) is 16.4. The van der Waals surface area contributed by atoms with Crippen LogP contribution in [0.1, 0.15) is 53.0 Å². The zero-order chi connectivity index (χ0) is 22.2. The maximum atomic E-state index is 13.3. The lowest BCUT2D eigenvalue weighted by atomic mass is 9.76. The van der Waals surface area contributed by atoms with E-state index in [1.807, 2.05) is 31.2 Å². The minimum Gasteiger partial charge on any atom is -0.343 e. The molecule has 2 N–H and O–H groups in total. The summed E-state index contributed by atoms with van der Waals surface area (Å²) in [5.41, 5.74) is 6.46. The molecule has 1 aliphatic heterocycles. The summed E-state index contributed by atoms with van der Waals surface area (Å²) in [6.07, 6.45) is 2.13.